The molecular formula is C28H28O12P2S4. The molecule has 0 aliphatic carbocycles. The first kappa shape index (κ1) is 36.2. The fraction of sp³-hybridized carbons (Fsp3) is 0.143. The lowest BCUT2D eigenvalue weighted by atomic mass is 10.3. The molecule has 4 rings (SSSR count). The van der Waals surface area contributed by atoms with Gasteiger partial charge in [-0.2, -0.15) is 33.7 Å². The van der Waals surface area contributed by atoms with Crippen LogP contribution in [0.25, 0.3) is 0 Å². The second-order valence-corrected chi connectivity index (χ2v) is 20.6. The highest BCUT2D eigenvalue weighted by Gasteiger charge is 2.39. The summed E-state index contributed by atoms with van der Waals surface area (Å²) in [5.74, 6) is 0. The molecule has 0 saturated carbocycles. The van der Waals surface area contributed by atoms with Crippen LogP contribution >= 0.6 is 15.8 Å². The Bertz CT molecular complexity index is 1910. The summed E-state index contributed by atoms with van der Waals surface area (Å²) in [5.41, 5.74) is -1.73. The standard InChI is InChI=1S/C28H28O12P2S4/c1-19(41(21-11-3-7-15-25(21)43(29,30)31)22-12-4-8-16-26(22)44(32,33)34)20(2)42(23-13-5-9-17-27(23)45(35,36)37)24-14-6-10-18-28(24)46(38,39)40/h3-20H,1-2H3,(H,29,30,31)(H,32,33,34)(H,35,36,37)(H,38,39,40). The number of hydrogen-bond acceptors (Lipinski definition) is 8. The predicted molar refractivity (Wildman–Crippen MR) is 176 cm³/mol. The Kier molecular flexibility index (Phi) is 10.6. The second-order valence-electron chi connectivity index (χ2n) is 9.99. The van der Waals surface area contributed by atoms with Gasteiger partial charge < -0.3 is 0 Å². The van der Waals surface area contributed by atoms with E-state index in [2.05, 4.69) is 0 Å². The third-order valence-corrected chi connectivity index (χ3v) is 17.8. The molecular weight excluding hydrogens is 719 g/mol. The summed E-state index contributed by atoms with van der Waals surface area (Å²) >= 11 is 0. The third-order valence-electron chi connectivity index (χ3n) is 7.12. The monoisotopic (exact) mass is 746 g/mol. The molecule has 0 aliphatic heterocycles. The van der Waals surface area contributed by atoms with Crippen molar-refractivity contribution in [2.75, 3.05) is 0 Å². The summed E-state index contributed by atoms with van der Waals surface area (Å²) < 4.78 is 141. The van der Waals surface area contributed by atoms with Crippen molar-refractivity contribution in [3.05, 3.63) is 97.1 Å². The zero-order valence-electron chi connectivity index (χ0n) is 24.0. The Balaban J connectivity index is 2.12. The molecule has 0 radical (unpaired) electrons. The van der Waals surface area contributed by atoms with Crippen LogP contribution in [0, 0.1) is 0 Å². The third kappa shape index (κ3) is 7.74. The summed E-state index contributed by atoms with van der Waals surface area (Å²) in [6.45, 7) is 3.22. The van der Waals surface area contributed by atoms with E-state index in [1.807, 2.05) is 0 Å². The summed E-state index contributed by atoms with van der Waals surface area (Å²) in [6.07, 6.45) is 0. The average molecular weight is 747 g/mol. The number of rotatable bonds is 11. The van der Waals surface area contributed by atoms with Gasteiger partial charge in [0.2, 0.25) is 0 Å². The van der Waals surface area contributed by atoms with Gasteiger partial charge in [0, 0.05) is 21.2 Å². The van der Waals surface area contributed by atoms with Crippen molar-refractivity contribution < 1.29 is 51.9 Å². The van der Waals surface area contributed by atoms with E-state index in [4.69, 9.17) is 0 Å². The zero-order valence-corrected chi connectivity index (χ0v) is 29.0. The molecule has 0 heterocycles. The van der Waals surface area contributed by atoms with E-state index in [1.165, 1.54) is 72.8 Å². The number of hydrogen-bond donors (Lipinski definition) is 4. The normalized spacial score (nSPS) is 14.3. The number of benzene rings is 4. The highest BCUT2D eigenvalue weighted by molar-refractivity contribution is 7.89. The Morgan fingerprint density at radius 1 is 0.391 bits per heavy atom. The minimum absolute atomic E-state index is 0.00321. The van der Waals surface area contributed by atoms with Crippen LogP contribution in [0.3, 0.4) is 0 Å². The van der Waals surface area contributed by atoms with Gasteiger partial charge >= 0.3 is 0 Å². The minimum Gasteiger partial charge on any atom is -0.282 e. The van der Waals surface area contributed by atoms with E-state index < -0.39 is 87.2 Å². The van der Waals surface area contributed by atoms with Gasteiger partial charge in [0.15, 0.2) is 0 Å². The topological polar surface area (TPSA) is 217 Å². The first-order chi connectivity index (χ1) is 21.2. The molecule has 46 heavy (non-hydrogen) atoms. The molecule has 0 spiro atoms. The summed E-state index contributed by atoms with van der Waals surface area (Å²) in [6, 6.07) is 21.3. The van der Waals surface area contributed by atoms with E-state index in [0.29, 0.717) is 0 Å². The van der Waals surface area contributed by atoms with Gasteiger partial charge in [-0.3, -0.25) is 18.2 Å². The molecule has 4 N–H and O–H groups in total. The average Bonchev–Trinajstić information content (AvgIpc) is 2.96. The van der Waals surface area contributed by atoms with Crippen LogP contribution < -0.4 is 21.2 Å². The molecule has 0 fully saturated rings. The lowest BCUT2D eigenvalue weighted by molar-refractivity contribution is 0.481. The van der Waals surface area contributed by atoms with Gasteiger partial charge in [-0.05, 0) is 51.4 Å². The molecule has 4 aromatic carbocycles. The molecule has 0 bridgehead atoms. The highest BCUT2D eigenvalue weighted by atomic mass is 32.2. The maximum absolute atomic E-state index is 12.6. The smallest absolute Gasteiger partial charge is 0.282 e. The van der Waals surface area contributed by atoms with Gasteiger partial charge in [0.1, 0.15) is 19.6 Å². The molecule has 0 aliphatic rings. The SMILES string of the molecule is CC(C(C)P(c1ccccc1S(=O)(=O)O)c1ccccc1S(=O)(=O)O)P(c1ccccc1S(=O)(=O)O)c1ccccc1S(=O)(=O)O. The van der Waals surface area contributed by atoms with Crippen molar-refractivity contribution in [2.24, 2.45) is 0 Å². The largest absolute Gasteiger partial charge is 0.295 e. The fourth-order valence-electron chi connectivity index (χ4n) is 5.07. The summed E-state index contributed by atoms with van der Waals surface area (Å²) in [7, 11) is -23.9. The van der Waals surface area contributed by atoms with Crippen molar-refractivity contribution in [1.29, 1.82) is 0 Å². The Morgan fingerprint density at radius 3 is 0.739 bits per heavy atom. The first-order valence-electron chi connectivity index (χ1n) is 13.1. The Morgan fingerprint density at radius 2 is 0.565 bits per heavy atom. The van der Waals surface area contributed by atoms with Crippen molar-refractivity contribution in [3.63, 3.8) is 0 Å². The maximum atomic E-state index is 12.6. The second kappa shape index (κ2) is 13.5. The van der Waals surface area contributed by atoms with Crippen LogP contribution in [0.5, 0.6) is 0 Å². The van der Waals surface area contributed by atoms with E-state index in [1.54, 1.807) is 13.8 Å². The quantitative estimate of drug-likeness (QED) is 0.129. The molecule has 0 amide bonds. The molecule has 12 nitrogen and oxygen atoms in total. The van der Waals surface area contributed by atoms with Crippen LogP contribution in [0.15, 0.2) is 117 Å². The highest BCUT2D eigenvalue weighted by Crippen LogP contribution is 2.53. The van der Waals surface area contributed by atoms with Gasteiger partial charge in [0.25, 0.3) is 40.5 Å². The fourth-order valence-corrected chi connectivity index (χ4v) is 16.1. The molecule has 2 atom stereocenters. The van der Waals surface area contributed by atoms with Crippen molar-refractivity contribution in [2.45, 2.75) is 44.7 Å². The Labute approximate surface area is 270 Å². The van der Waals surface area contributed by atoms with Gasteiger partial charge in [-0.1, -0.05) is 86.6 Å². The van der Waals surface area contributed by atoms with E-state index in [-0.39, 0.29) is 21.2 Å². The summed E-state index contributed by atoms with van der Waals surface area (Å²) in [4.78, 5) is -2.14. The van der Waals surface area contributed by atoms with Gasteiger partial charge in [0.05, 0.1) is 0 Å². The molecule has 2 unspecified atom stereocenters. The van der Waals surface area contributed by atoms with Crippen LogP contribution in [0.2, 0.25) is 0 Å². The lowest BCUT2D eigenvalue weighted by Crippen LogP contribution is -2.36. The molecule has 246 valence electrons. The van der Waals surface area contributed by atoms with E-state index >= 15 is 0 Å². The lowest BCUT2D eigenvalue weighted by Gasteiger charge is -2.37. The Hall–Kier alpha value is -2.62. The molecule has 0 saturated heterocycles. The van der Waals surface area contributed by atoms with Crippen molar-refractivity contribution in [3.8, 4) is 0 Å². The van der Waals surface area contributed by atoms with Gasteiger partial charge in [-0.25, -0.2) is 0 Å². The van der Waals surface area contributed by atoms with Gasteiger partial charge in [-0.15, -0.1) is 0 Å². The zero-order chi connectivity index (χ0) is 34.2. The van der Waals surface area contributed by atoms with E-state index in [9.17, 15) is 51.9 Å². The maximum Gasteiger partial charge on any atom is 0.295 e. The van der Waals surface area contributed by atoms with Crippen LogP contribution in [-0.4, -0.2) is 63.2 Å². The van der Waals surface area contributed by atoms with Crippen molar-refractivity contribution in [1.82, 2.24) is 0 Å². The van der Waals surface area contributed by atoms with Crippen LogP contribution in [0.1, 0.15) is 13.8 Å². The van der Waals surface area contributed by atoms with Crippen molar-refractivity contribution >= 4 is 77.5 Å². The molecule has 0 aromatic heterocycles. The predicted octanol–water partition coefficient (Wildman–Crippen LogP) is 3.02. The van der Waals surface area contributed by atoms with Crippen LogP contribution in [-0.2, 0) is 40.5 Å². The van der Waals surface area contributed by atoms with E-state index in [0.717, 1.165) is 24.3 Å². The minimum atomic E-state index is -4.89. The first-order valence-corrected chi connectivity index (χ1v) is 21.7. The van der Waals surface area contributed by atoms with Crippen LogP contribution in [0.4, 0.5) is 0 Å². The molecule has 18 heteroatoms. The molecule has 4 aromatic rings. The summed E-state index contributed by atoms with van der Waals surface area (Å²) in [5, 5.41) is -0.0129.